The Morgan fingerprint density at radius 1 is 1.17 bits per heavy atom. The van der Waals surface area contributed by atoms with E-state index in [0.717, 1.165) is 42.0 Å². The maximum Gasteiger partial charge on any atom is 0.274 e. The standard InChI is InChI=1S/C19H26N4O/c1-14-7-5-8-15(2)18(14)22-19(24)17-13-16(9-11-21-17)20-10-6-12-23(3)4/h5,7-9,11,13H,6,10,12H2,1-4H3,(H,20,21)(H,22,24). The smallest absolute Gasteiger partial charge is 0.274 e. The molecular formula is C19H26N4O. The fourth-order valence-corrected chi connectivity index (χ4v) is 2.48. The van der Waals surface area contributed by atoms with Gasteiger partial charge >= 0.3 is 0 Å². The van der Waals surface area contributed by atoms with Gasteiger partial charge in [0, 0.05) is 24.1 Å². The number of aryl methyl sites for hydroxylation is 2. The zero-order valence-electron chi connectivity index (χ0n) is 14.9. The van der Waals surface area contributed by atoms with Gasteiger partial charge in [-0.15, -0.1) is 0 Å². The molecule has 0 bridgehead atoms. The van der Waals surface area contributed by atoms with Crippen molar-refractivity contribution in [3.63, 3.8) is 0 Å². The molecule has 0 unspecified atom stereocenters. The number of hydrogen-bond donors (Lipinski definition) is 2. The zero-order chi connectivity index (χ0) is 17.5. The zero-order valence-corrected chi connectivity index (χ0v) is 14.9. The van der Waals surface area contributed by atoms with E-state index in [-0.39, 0.29) is 5.91 Å². The number of benzene rings is 1. The summed E-state index contributed by atoms with van der Waals surface area (Å²) in [7, 11) is 4.12. The van der Waals surface area contributed by atoms with Gasteiger partial charge in [0.25, 0.3) is 5.91 Å². The van der Waals surface area contributed by atoms with Crippen LogP contribution in [0, 0.1) is 13.8 Å². The first kappa shape index (κ1) is 17.9. The summed E-state index contributed by atoms with van der Waals surface area (Å²) in [5.41, 5.74) is 4.27. The fraction of sp³-hybridized carbons (Fsp3) is 0.368. The van der Waals surface area contributed by atoms with Gasteiger partial charge in [-0.05, 0) is 64.2 Å². The molecule has 0 saturated heterocycles. The van der Waals surface area contributed by atoms with Crippen molar-refractivity contribution < 1.29 is 4.79 Å². The molecule has 2 N–H and O–H groups in total. The molecule has 0 atom stereocenters. The highest BCUT2D eigenvalue weighted by atomic mass is 16.1. The SMILES string of the molecule is Cc1cccc(C)c1NC(=O)c1cc(NCCCN(C)C)ccn1. The lowest BCUT2D eigenvalue weighted by molar-refractivity contribution is 0.102. The summed E-state index contributed by atoms with van der Waals surface area (Å²) in [6.07, 6.45) is 2.70. The molecule has 1 aromatic carbocycles. The minimum absolute atomic E-state index is 0.190. The quantitative estimate of drug-likeness (QED) is 0.767. The number of nitrogens with one attached hydrogen (secondary N) is 2. The summed E-state index contributed by atoms with van der Waals surface area (Å²) < 4.78 is 0. The third-order valence-electron chi connectivity index (χ3n) is 3.82. The summed E-state index contributed by atoms with van der Waals surface area (Å²) in [6, 6.07) is 9.62. The number of hydrogen-bond acceptors (Lipinski definition) is 4. The molecule has 0 fully saturated rings. The van der Waals surface area contributed by atoms with Crippen LogP contribution < -0.4 is 10.6 Å². The van der Waals surface area contributed by atoms with Crippen LogP contribution in [0.1, 0.15) is 28.0 Å². The highest BCUT2D eigenvalue weighted by Crippen LogP contribution is 2.20. The molecule has 0 aliphatic heterocycles. The summed E-state index contributed by atoms with van der Waals surface area (Å²) in [5.74, 6) is -0.190. The number of carbonyl (C=O) groups excluding carboxylic acids is 1. The van der Waals surface area contributed by atoms with E-state index in [2.05, 4.69) is 34.6 Å². The van der Waals surface area contributed by atoms with E-state index in [0.29, 0.717) is 5.69 Å². The minimum Gasteiger partial charge on any atom is -0.385 e. The van der Waals surface area contributed by atoms with Gasteiger partial charge in [0.15, 0.2) is 0 Å². The second-order valence-electron chi connectivity index (χ2n) is 6.23. The first-order chi connectivity index (χ1) is 11.5. The van der Waals surface area contributed by atoms with Crippen molar-refractivity contribution in [3.8, 4) is 0 Å². The molecule has 5 heteroatoms. The third kappa shape index (κ3) is 5.06. The van der Waals surface area contributed by atoms with Crippen molar-refractivity contribution in [1.29, 1.82) is 0 Å². The minimum atomic E-state index is -0.190. The lowest BCUT2D eigenvalue weighted by Crippen LogP contribution is -2.17. The number of rotatable bonds is 7. The molecule has 1 heterocycles. The van der Waals surface area contributed by atoms with Crippen LogP contribution in [0.15, 0.2) is 36.5 Å². The van der Waals surface area contributed by atoms with Crippen LogP contribution >= 0.6 is 0 Å². The van der Waals surface area contributed by atoms with Gasteiger partial charge in [0.2, 0.25) is 0 Å². The molecule has 0 radical (unpaired) electrons. The van der Waals surface area contributed by atoms with E-state index in [1.54, 1.807) is 12.3 Å². The molecule has 0 aliphatic carbocycles. The van der Waals surface area contributed by atoms with Crippen molar-refractivity contribution >= 4 is 17.3 Å². The number of amides is 1. The number of nitrogens with zero attached hydrogens (tertiary/aromatic N) is 2. The number of anilines is 2. The van der Waals surface area contributed by atoms with Gasteiger partial charge in [-0.3, -0.25) is 9.78 Å². The van der Waals surface area contributed by atoms with Crippen LogP contribution in [0.3, 0.4) is 0 Å². The Kier molecular flexibility index (Phi) is 6.32. The molecule has 24 heavy (non-hydrogen) atoms. The van der Waals surface area contributed by atoms with E-state index in [4.69, 9.17) is 0 Å². The average molecular weight is 326 g/mol. The lowest BCUT2D eigenvalue weighted by atomic mass is 10.1. The highest BCUT2D eigenvalue weighted by Gasteiger charge is 2.11. The van der Waals surface area contributed by atoms with Gasteiger partial charge in [0.1, 0.15) is 5.69 Å². The van der Waals surface area contributed by atoms with E-state index < -0.39 is 0 Å². The van der Waals surface area contributed by atoms with E-state index in [1.165, 1.54) is 0 Å². The number of pyridine rings is 1. The number of carbonyl (C=O) groups is 1. The Bertz CT molecular complexity index is 677. The van der Waals surface area contributed by atoms with Gasteiger partial charge < -0.3 is 15.5 Å². The summed E-state index contributed by atoms with van der Waals surface area (Å²) in [6.45, 7) is 5.86. The van der Waals surface area contributed by atoms with Gasteiger partial charge in [-0.2, -0.15) is 0 Å². The summed E-state index contributed by atoms with van der Waals surface area (Å²) in [4.78, 5) is 18.8. The molecular weight excluding hydrogens is 300 g/mol. The Balaban J connectivity index is 2.01. The fourth-order valence-electron chi connectivity index (χ4n) is 2.48. The molecule has 5 nitrogen and oxygen atoms in total. The van der Waals surface area contributed by atoms with Gasteiger partial charge in [-0.25, -0.2) is 0 Å². The van der Waals surface area contributed by atoms with Crippen molar-refractivity contribution in [3.05, 3.63) is 53.3 Å². The van der Waals surface area contributed by atoms with Crippen LogP contribution in [0.4, 0.5) is 11.4 Å². The van der Waals surface area contributed by atoms with Crippen LogP contribution in [0.25, 0.3) is 0 Å². The van der Waals surface area contributed by atoms with Crippen molar-refractivity contribution in [1.82, 2.24) is 9.88 Å². The number of aromatic nitrogens is 1. The van der Waals surface area contributed by atoms with Crippen molar-refractivity contribution in [2.75, 3.05) is 37.8 Å². The predicted octanol–water partition coefficient (Wildman–Crippen LogP) is 3.31. The largest absolute Gasteiger partial charge is 0.385 e. The Hall–Kier alpha value is -2.40. The molecule has 1 aromatic heterocycles. The third-order valence-corrected chi connectivity index (χ3v) is 3.82. The molecule has 0 aliphatic rings. The monoisotopic (exact) mass is 326 g/mol. The summed E-state index contributed by atoms with van der Waals surface area (Å²) >= 11 is 0. The Morgan fingerprint density at radius 3 is 2.54 bits per heavy atom. The van der Waals surface area contributed by atoms with Crippen LogP contribution in [-0.2, 0) is 0 Å². The van der Waals surface area contributed by atoms with Gasteiger partial charge in [0.05, 0.1) is 0 Å². The van der Waals surface area contributed by atoms with E-state index in [1.807, 2.05) is 38.1 Å². The maximum absolute atomic E-state index is 12.5. The van der Waals surface area contributed by atoms with Crippen LogP contribution in [0.5, 0.6) is 0 Å². The van der Waals surface area contributed by atoms with E-state index in [9.17, 15) is 4.79 Å². The van der Waals surface area contributed by atoms with Crippen LogP contribution in [0.2, 0.25) is 0 Å². The second-order valence-corrected chi connectivity index (χ2v) is 6.23. The van der Waals surface area contributed by atoms with Crippen molar-refractivity contribution in [2.45, 2.75) is 20.3 Å². The molecule has 0 saturated carbocycles. The number of para-hydroxylation sites is 1. The normalized spacial score (nSPS) is 10.7. The maximum atomic E-state index is 12.5. The average Bonchev–Trinajstić information content (AvgIpc) is 2.55. The van der Waals surface area contributed by atoms with Gasteiger partial charge in [-0.1, -0.05) is 18.2 Å². The topological polar surface area (TPSA) is 57.3 Å². The van der Waals surface area contributed by atoms with E-state index >= 15 is 0 Å². The highest BCUT2D eigenvalue weighted by molar-refractivity contribution is 6.04. The lowest BCUT2D eigenvalue weighted by Gasteiger charge is -2.12. The predicted molar refractivity (Wildman–Crippen MR) is 99.8 cm³/mol. The molecule has 128 valence electrons. The second kappa shape index (κ2) is 8.45. The molecule has 2 rings (SSSR count). The molecule has 1 amide bonds. The summed E-state index contributed by atoms with van der Waals surface area (Å²) in [5, 5.41) is 6.30. The van der Waals surface area contributed by atoms with Crippen molar-refractivity contribution in [2.24, 2.45) is 0 Å². The Labute approximate surface area is 144 Å². The first-order valence-electron chi connectivity index (χ1n) is 8.19. The molecule has 0 spiro atoms. The van der Waals surface area contributed by atoms with Crippen LogP contribution in [-0.4, -0.2) is 43.0 Å². The molecule has 2 aromatic rings. The first-order valence-corrected chi connectivity index (χ1v) is 8.19. The Morgan fingerprint density at radius 2 is 1.88 bits per heavy atom.